The van der Waals surface area contributed by atoms with Gasteiger partial charge in [-0.05, 0) is 31.7 Å². The highest BCUT2D eigenvalue weighted by atomic mass is 16.3. The molecule has 1 rings (SSSR count). The van der Waals surface area contributed by atoms with Gasteiger partial charge >= 0.3 is 0 Å². The minimum atomic E-state index is -0.127. The third kappa shape index (κ3) is 2.76. The molecule has 1 aliphatic rings. The third-order valence-electron chi connectivity index (χ3n) is 2.75. The molecule has 0 radical (unpaired) electrons. The summed E-state index contributed by atoms with van der Waals surface area (Å²) < 4.78 is 0. The van der Waals surface area contributed by atoms with Gasteiger partial charge in [0.15, 0.2) is 0 Å². The Hall–Kier alpha value is -0.0800. The normalized spacial score (nSPS) is 33.2. The van der Waals surface area contributed by atoms with Crippen LogP contribution >= 0.6 is 0 Å². The molecule has 2 N–H and O–H groups in total. The van der Waals surface area contributed by atoms with E-state index in [1.165, 1.54) is 6.42 Å². The fourth-order valence-corrected chi connectivity index (χ4v) is 1.94. The molecule has 0 aliphatic carbocycles. The molecule has 3 unspecified atom stereocenters. The number of piperidine rings is 1. The summed E-state index contributed by atoms with van der Waals surface area (Å²) in [6.45, 7) is 5.47. The minimum Gasteiger partial charge on any atom is -0.392 e. The Bertz CT molecular complexity index is 127. The summed E-state index contributed by atoms with van der Waals surface area (Å²) in [5.74, 6) is 0.780. The van der Waals surface area contributed by atoms with Crippen molar-refractivity contribution in [3.63, 3.8) is 0 Å². The number of aliphatic hydroxyl groups is 1. The van der Waals surface area contributed by atoms with Crippen LogP contribution in [0.3, 0.4) is 0 Å². The van der Waals surface area contributed by atoms with Crippen molar-refractivity contribution in [2.24, 2.45) is 5.92 Å². The summed E-state index contributed by atoms with van der Waals surface area (Å²) in [4.78, 5) is 0. The number of hydrogen-bond donors (Lipinski definition) is 2. The Labute approximate surface area is 75.4 Å². The van der Waals surface area contributed by atoms with E-state index in [1.54, 1.807) is 0 Å². The minimum absolute atomic E-state index is 0.127. The molecule has 1 aliphatic heterocycles. The Morgan fingerprint density at radius 3 is 2.92 bits per heavy atom. The van der Waals surface area contributed by atoms with Gasteiger partial charge in [-0.15, -0.1) is 0 Å². The van der Waals surface area contributed by atoms with Crippen LogP contribution < -0.4 is 5.32 Å². The molecule has 0 aromatic rings. The van der Waals surface area contributed by atoms with Crippen molar-refractivity contribution in [2.45, 2.75) is 51.7 Å². The summed E-state index contributed by atoms with van der Waals surface area (Å²) in [6, 6.07) is 0.355. The second kappa shape index (κ2) is 4.83. The lowest BCUT2D eigenvalue weighted by Crippen LogP contribution is -2.45. The van der Waals surface area contributed by atoms with Gasteiger partial charge in [0.05, 0.1) is 6.10 Å². The zero-order valence-electron chi connectivity index (χ0n) is 8.21. The Kier molecular flexibility index (Phi) is 4.02. The van der Waals surface area contributed by atoms with Crippen LogP contribution in [-0.2, 0) is 0 Å². The second-order valence-electron chi connectivity index (χ2n) is 4.05. The van der Waals surface area contributed by atoms with Crippen LogP contribution in [0.15, 0.2) is 0 Å². The van der Waals surface area contributed by atoms with Crippen molar-refractivity contribution in [3.05, 3.63) is 0 Å². The molecule has 0 saturated carbocycles. The molecule has 2 heteroatoms. The molecule has 1 heterocycles. The van der Waals surface area contributed by atoms with Crippen LogP contribution in [0.5, 0.6) is 0 Å². The first-order valence-corrected chi connectivity index (χ1v) is 5.15. The Morgan fingerprint density at radius 2 is 2.33 bits per heavy atom. The van der Waals surface area contributed by atoms with E-state index in [9.17, 15) is 5.11 Å². The average Bonchev–Trinajstić information content (AvgIpc) is 2.05. The van der Waals surface area contributed by atoms with Crippen molar-refractivity contribution in [1.82, 2.24) is 5.32 Å². The van der Waals surface area contributed by atoms with E-state index >= 15 is 0 Å². The molecule has 0 aromatic carbocycles. The fraction of sp³-hybridized carbons (Fsp3) is 1.00. The smallest absolute Gasteiger partial charge is 0.0693 e. The molecule has 0 bridgehead atoms. The zero-order chi connectivity index (χ0) is 8.97. The van der Waals surface area contributed by atoms with E-state index in [2.05, 4.69) is 19.2 Å². The van der Waals surface area contributed by atoms with E-state index in [-0.39, 0.29) is 6.10 Å². The maximum absolute atomic E-state index is 9.73. The number of nitrogens with one attached hydrogen (secondary N) is 1. The summed E-state index contributed by atoms with van der Waals surface area (Å²) in [6.07, 6.45) is 4.28. The van der Waals surface area contributed by atoms with E-state index in [4.69, 9.17) is 0 Å². The van der Waals surface area contributed by atoms with Gasteiger partial charge in [-0.2, -0.15) is 0 Å². The molecule has 3 atom stereocenters. The van der Waals surface area contributed by atoms with Crippen LogP contribution in [0.2, 0.25) is 0 Å². The fourth-order valence-electron chi connectivity index (χ4n) is 1.94. The van der Waals surface area contributed by atoms with Crippen LogP contribution in [0, 0.1) is 5.92 Å². The van der Waals surface area contributed by atoms with Gasteiger partial charge in [-0.25, -0.2) is 0 Å². The number of aliphatic hydroxyl groups excluding tert-OH is 1. The predicted octanol–water partition coefficient (Wildman–Crippen LogP) is 1.54. The number of rotatable bonds is 3. The van der Waals surface area contributed by atoms with E-state index < -0.39 is 0 Å². The largest absolute Gasteiger partial charge is 0.392 e. The molecule has 1 fully saturated rings. The van der Waals surface area contributed by atoms with E-state index in [1.807, 2.05) is 0 Å². The van der Waals surface area contributed by atoms with E-state index in [0.29, 0.717) is 6.04 Å². The first kappa shape index (κ1) is 10.0. The highest BCUT2D eigenvalue weighted by molar-refractivity contribution is 4.81. The highest BCUT2D eigenvalue weighted by Crippen LogP contribution is 2.18. The maximum atomic E-state index is 9.73. The molecule has 0 aromatic heterocycles. The first-order chi connectivity index (χ1) is 5.74. The third-order valence-corrected chi connectivity index (χ3v) is 2.75. The monoisotopic (exact) mass is 171 g/mol. The van der Waals surface area contributed by atoms with Gasteiger partial charge in [-0.3, -0.25) is 0 Å². The number of hydrogen-bond acceptors (Lipinski definition) is 2. The molecular formula is C10H21NO. The molecule has 72 valence electrons. The SMILES string of the molecule is CCCC(O)C1CC(C)CCN1. The van der Waals surface area contributed by atoms with Crippen molar-refractivity contribution < 1.29 is 5.11 Å². The van der Waals surface area contributed by atoms with Crippen LogP contribution in [0.25, 0.3) is 0 Å². The van der Waals surface area contributed by atoms with Gasteiger partial charge in [-0.1, -0.05) is 20.3 Å². The summed E-state index contributed by atoms with van der Waals surface area (Å²) >= 11 is 0. The lowest BCUT2D eigenvalue weighted by molar-refractivity contribution is 0.0928. The highest BCUT2D eigenvalue weighted by Gasteiger charge is 2.23. The van der Waals surface area contributed by atoms with Crippen LogP contribution in [-0.4, -0.2) is 23.8 Å². The van der Waals surface area contributed by atoms with Crippen molar-refractivity contribution in [2.75, 3.05) is 6.54 Å². The summed E-state index contributed by atoms with van der Waals surface area (Å²) in [5.41, 5.74) is 0. The zero-order valence-corrected chi connectivity index (χ0v) is 8.21. The Balaban J connectivity index is 2.29. The van der Waals surface area contributed by atoms with Gasteiger partial charge in [0.2, 0.25) is 0 Å². The average molecular weight is 171 g/mol. The standard InChI is InChI=1S/C10H21NO/c1-3-4-10(12)9-7-8(2)5-6-11-9/h8-12H,3-7H2,1-2H3. The summed E-state index contributed by atoms with van der Waals surface area (Å²) in [5, 5.41) is 13.1. The van der Waals surface area contributed by atoms with Crippen molar-refractivity contribution >= 4 is 0 Å². The van der Waals surface area contributed by atoms with Gasteiger partial charge in [0, 0.05) is 6.04 Å². The Morgan fingerprint density at radius 1 is 1.58 bits per heavy atom. The van der Waals surface area contributed by atoms with Crippen molar-refractivity contribution in [1.29, 1.82) is 0 Å². The molecule has 0 spiro atoms. The molecule has 2 nitrogen and oxygen atoms in total. The predicted molar refractivity (Wildman–Crippen MR) is 51.1 cm³/mol. The van der Waals surface area contributed by atoms with Gasteiger partial charge < -0.3 is 10.4 Å². The molecule has 1 saturated heterocycles. The molecular weight excluding hydrogens is 150 g/mol. The molecule has 12 heavy (non-hydrogen) atoms. The maximum Gasteiger partial charge on any atom is 0.0693 e. The van der Waals surface area contributed by atoms with E-state index in [0.717, 1.165) is 31.7 Å². The molecule has 0 amide bonds. The lowest BCUT2D eigenvalue weighted by Gasteiger charge is -2.31. The first-order valence-electron chi connectivity index (χ1n) is 5.15. The van der Waals surface area contributed by atoms with Gasteiger partial charge in [0.25, 0.3) is 0 Å². The quantitative estimate of drug-likeness (QED) is 0.675. The second-order valence-corrected chi connectivity index (χ2v) is 4.05. The van der Waals surface area contributed by atoms with Crippen LogP contribution in [0.4, 0.5) is 0 Å². The topological polar surface area (TPSA) is 32.3 Å². The van der Waals surface area contributed by atoms with Crippen molar-refractivity contribution in [3.8, 4) is 0 Å². The van der Waals surface area contributed by atoms with Gasteiger partial charge in [0.1, 0.15) is 0 Å². The lowest BCUT2D eigenvalue weighted by atomic mass is 9.90. The summed E-state index contributed by atoms with van der Waals surface area (Å²) in [7, 11) is 0. The van der Waals surface area contributed by atoms with Crippen LogP contribution in [0.1, 0.15) is 39.5 Å².